The highest BCUT2D eigenvalue weighted by Crippen LogP contribution is 2.33. The molecule has 12 N–H and O–H groups in total. The number of aliphatic hydroxyl groups excluding tert-OH is 11. The second kappa shape index (κ2) is 57.2. The van der Waals surface area contributed by atoms with Crippen molar-refractivity contribution in [2.24, 2.45) is 0 Å². The molecule has 95 heavy (non-hydrogen) atoms. The molecule has 3 aliphatic rings. The zero-order valence-corrected chi connectivity index (χ0v) is 58.9. The molecule has 0 radical (unpaired) electrons. The maximum atomic E-state index is 13.4. The fourth-order valence-electron chi connectivity index (χ4n) is 12.6. The van der Waals surface area contributed by atoms with Crippen LogP contribution in [0.3, 0.4) is 0 Å². The molecule has 0 bridgehead atoms. The third-order valence-corrected chi connectivity index (χ3v) is 18.8. The van der Waals surface area contributed by atoms with E-state index in [0.717, 1.165) is 51.4 Å². The number of hydrogen-bond donors (Lipinski definition) is 12. The Morgan fingerprint density at radius 2 is 0.705 bits per heavy atom. The first-order valence-corrected chi connectivity index (χ1v) is 38.0. The molecule has 3 heterocycles. The molecule has 19 heteroatoms. The number of nitrogens with one attached hydrogen (secondary N) is 1. The molecule has 3 rings (SSSR count). The fourth-order valence-corrected chi connectivity index (χ4v) is 12.6. The van der Waals surface area contributed by atoms with Crippen molar-refractivity contribution in [1.29, 1.82) is 0 Å². The van der Waals surface area contributed by atoms with Crippen molar-refractivity contribution in [1.82, 2.24) is 5.32 Å². The minimum absolute atomic E-state index is 0.234. The SMILES string of the molecule is CCCCCCC/C=C\C/C=C\C/C=C\CCCCCCCCCCCCCCCCC(=O)NC(COC1OC(CO)C(OC2OC(CO)C(OC3OC(CO)C(O)C(O)C3O)C(O)C2O)C(O)C1O)C(O)/C=C/CC/C=C/CCCCCCCCCCCCCCCCC. The standard InChI is InChI=1S/C76H137NO18/c1-3-5-7-9-11-13-15-17-19-21-23-25-26-27-28-29-30-31-32-34-36-38-40-42-44-46-48-50-52-54-64(82)77-59(60(81)53-51-49-47-45-43-41-39-37-35-33-24-22-20-18-16-14-12-10-8-6-4-2)58-90-74-70(88)67(85)72(62(56-79)92-74)95-76-71(89)68(86)73(63(57-80)93-76)94-75-69(87)66(84)65(83)61(55-78)91-75/h15,17,21,23,26-27,43,45,51,53,59-63,65-76,78-81,83-89H,3-14,16,18-20,22,24-25,28-42,44,46-50,52,54-58H2,1-2H3,(H,77,82)/b17-15-,23-21-,27-26-,45-43+,53-51+. The molecule has 17 atom stereocenters. The van der Waals surface area contributed by atoms with Crippen LogP contribution in [0.2, 0.25) is 0 Å². The summed E-state index contributed by atoms with van der Waals surface area (Å²) in [6, 6.07) is -0.993. The molecule has 554 valence electrons. The zero-order valence-electron chi connectivity index (χ0n) is 58.9. The highest BCUT2D eigenvalue weighted by molar-refractivity contribution is 5.76. The van der Waals surface area contributed by atoms with E-state index >= 15 is 0 Å². The Morgan fingerprint density at radius 1 is 0.379 bits per heavy atom. The first-order valence-electron chi connectivity index (χ1n) is 38.0. The number of rotatable bonds is 59. The third-order valence-electron chi connectivity index (χ3n) is 18.8. The van der Waals surface area contributed by atoms with Gasteiger partial charge in [-0.15, -0.1) is 0 Å². The zero-order chi connectivity index (χ0) is 68.9. The lowest BCUT2D eigenvalue weighted by atomic mass is 9.96. The normalized spacial score (nSPS) is 27.5. The highest BCUT2D eigenvalue weighted by atomic mass is 16.8. The predicted octanol–water partition coefficient (Wildman–Crippen LogP) is 11.5. The van der Waals surface area contributed by atoms with Crippen LogP contribution in [0.25, 0.3) is 0 Å². The number of amides is 1. The Morgan fingerprint density at radius 3 is 1.13 bits per heavy atom. The fraction of sp³-hybridized carbons (Fsp3) is 0.855. The van der Waals surface area contributed by atoms with Crippen LogP contribution in [0.5, 0.6) is 0 Å². The molecular weight excluding hydrogens is 1210 g/mol. The molecule has 0 aromatic heterocycles. The van der Waals surface area contributed by atoms with Crippen LogP contribution in [0.4, 0.5) is 0 Å². The van der Waals surface area contributed by atoms with Gasteiger partial charge in [-0.1, -0.05) is 267 Å². The summed E-state index contributed by atoms with van der Waals surface area (Å²) >= 11 is 0. The average molecular weight is 1350 g/mol. The van der Waals surface area contributed by atoms with Gasteiger partial charge < -0.3 is 89.9 Å². The Bertz CT molecular complexity index is 1950. The molecular formula is C76H137NO18. The van der Waals surface area contributed by atoms with Crippen molar-refractivity contribution in [2.75, 3.05) is 26.4 Å². The topological polar surface area (TPSA) is 307 Å². The number of aliphatic hydroxyl groups is 11. The molecule has 1 amide bonds. The second-order valence-electron chi connectivity index (χ2n) is 27.1. The van der Waals surface area contributed by atoms with E-state index in [9.17, 15) is 61.0 Å². The number of carbonyl (C=O) groups excluding carboxylic acids is 1. The van der Waals surface area contributed by atoms with Gasteiger partial charge in [-0.3, -0.25) is 4.79 Å². The number of allylic oxidation sites excluding steroid dienone is 9. The van der Waals surface area contributed by atoms with Crippen molar-refractivity contribution < 1.29 is 89.4 Å². The Balaban J connectivity index is 1.41. The number of hydrogen-bond acceptors (Lipinski definition) is 18. The molecule has 3 aliphatic heterocycles. The lowest BCUT2D eigenvalue weighted by molar-refractivity contribution is -0.379. The summed E-state index contributed by atoms with van der Waals surface area (Å²) in [4.78, 5) is 13.4. The first kappa shape index (κ1) is 86.7. The average Bonchev–Trinajstić information content (AvgIpc) is 0.786. The van der Waals surface area contributed by atoms with E-state index in [0.29, 0.717) is 12.8 Å². The van der Waals surface area contributed by atoms with E-state index in [-0.39, 0.29) is 18.9 Å². The Labute approximate surface area is 573 Å². The van der Waals surface area contributed by atoms with E-state index in [1.54, 1.807) is 6.08 Å². The smallest absolute Gasteiger partial charge is 0.220 e. The molecule has 19 nitrogen and oxygen atoms in total. The van der Waals surface area contributed by atoms with Crippen LogP contribution in [0, 0.1) is 0 Å². The molecule has 0 aromatic carbocycles. The lowest BCUT2D eigenvalue weighted by Crippen LogP contribution is -2.66. The van der Waals surface area contributed by atoms with Crippen LogP contribution >= 0.6 is 0 Å². The van der Waals surface area contributed by atoms with E-state index in [2.05, 4.69) is 67.8 Å². The largest absolute Gasteiger partial charge is 0.394 e. The summed E-state index contributed by atoms with van der Waals surface area (Å²) in [5.41, 5.74) is 0. The summed E-state index contributed by atoms with van der Waals surface area (Å²) in [5, 5.41) is 121. The number of unbranched alkanes of at least 4 members (excludes halogenated alkanes) is 35. The Hall–Kier alpha value is -2.51. The third kappa shape index (κ3) is 38.2. The predicted molar refractivity (Wildman–Crippen MR) is 374 cm³/mol. The maximum absolute atomic E-state index is 13.4. The van der Waals surface area contributed by atoms with Crippen LogP contribution in [-0.2, 0) is 33.2 Å². The van der Waals surface area contributed by atoms with Crippen LogP contribution < -0.4 is 5.32 Å². The highest BCUT2D eigenvalue weighted by Gasteiger charge is 2.53. The summed E-state index contributed by atoms with van der Waals surface area (Å²) in [6.45, 7) is 1.73. The van der Waals surface area contributed by atoms with E-state index < -0.39 is 124 Å². The minimum atomic E-state index is -1.98. The van der Waals surface area contributed by atoms with Crippen molar-refractivity contribution in [3.63, 3.8) is 0 Å². The Kier molecular flexibility index (Phi) is 52.2. The summed E-state index contributed by atoms with van der Waals surface area (Å²) in [7, 11) is 0. The van der Waals surface area contributed by atoms with Gasteiger partial charge in [-0.25, -0.2) is 0 Å². The van der Waals surface area contributed by atoms with Crippen molar-refractivity contribution in [2.45, 2.75) is 388 Å². The number of ether oxygens (including phenoxy) is 6. The van der Waals surface area contributed by atoms with Crippen LogP contribution in [0.15, 0.2) is 60.8 Å². The van der Waals surface area contributed by atoms with Gasteiger partial charge in [0, 0.05) is 6.42 Å². The quantitative estimate of drug-likeness (QED) is 0.0199. The minimum Gasteiger partial charge on any atom is -0.394 e. The van der Waals surface area contributed by atoms with Gasteiger partial charge in [0.25, 0.3) is 0 Å². The molecule has 0 aromatic rings. The second-order valence-corrected chi connectivity index (χ2v) is 27.1. The van der Waals surface area contributed by atoms with Crippen LogP contribution in [-0.4, -0.2) is 193 Å². The van der Waals surface area contributed by atoms with Gasteiger partial charge in [-0.2, -0.15) is 0 Å². The van der Waals surface area contributed by atoms with Crippen molar-refractivity contribution >= 4 is 5.91 Å². The lowest BCUT2D eigenvalue weighted by Gasteiger charge is -2.48. The van der Waals surface area contributed by atoms with Crippen molar-refractivity contribution in [3.05, 3.63) is 60.8 Å². The van der Waals surface area contributed by atoms with Gasteiger partial charge >= 0.3 is 0 Å². The monoisotopic (exact) mass is 1350 g/mol. The molecule has 17 unspecified atom stereocenters. The van der Waals surface area contributed by atoms with E-state index in [1.807, 2.05) is 6.08 Å². The van der Waals surface area contributed by atoms with E-state index in [1.165, 1.54) is 199 Å². The van der Waals surface area contributed by atoms with Gasteiger partial charge in [0.1, 0.15) is 73.2 Å². The molecule has 3 fully saturated rings. The summed E-state index contributed by atoms with van der Waals surface area (Å²) in [5.74, 6) is -0.285. The first-order chi connectivity index (χ1) is 46.3. The molecule has 3 saturated heterocycles. The number of carbonyl (C=O) groups is 1. The summed E-state index contributed by atoms with van der Waals surface area (Å²) in [6.07, 6.45) is 44.8. The van der Waals surface area contributed by atoms with Gasteiger partial charge in [0.05, 0.1) is 38.6 Å². The van der Waals surface area contributed by atoms with Gasteiger partial charge in [0.2, 0.25) is 5.91 Å². The van der Waals surface area contributed by atoms with Gasteiger partial charge in [0.15, 0.2) is 18.9 Å². The molecule has 0 spiro atoms. The summed E-state index contributed by atoms with van der Waals surface area (Å²) < 4.78 is 34.4. The van der Waals surface area contributed by atoms with Gasteiger partial charge in [-0.05, 0) is 70.6 Å². The molecule has 0 aliphatic carbocycles. The van der Waals surface area contributed by atoms with E-state index in [4.69, 9.17) is 28.4 Å². The van der Waals surface area contributed by atoms with Crippen LogP contribution in [0.1, 0.15) is 284 Å². The molecule has 0 saturated carbocycles. The van der Waals surface area contributed by atoms with Crippen molar-refractivity contribution in [3.8, 4) is 0 Å². The maximum Gasteiger partial charge on any atom is 0.220 e.